The van der Waals surface area contributed by atoms with Gasteiger partial charge in [-0.05, 0) is 31.0 Å². The summed E-state index contributed by atoms with van der Waals surface area (Å²) in [5.74, 6) is -2.42. The largest absolute Gasteiger partial charge is 0.481 e. The van der Waals surface area contributed by atoms with Gasteiger partial charge in [-0.3, -0.25) is 14.4 Å². The van der Waals surface area contributed by atoms with E-state index in [-0.39, 0.29) is 17.5 Å². The summed E-state index contributed by atoms with van der Waals surface area (Å²) in [5, 5.41) is 12.1. The topological polar surface area (TPSA) is 109 Å². The third-order valence-corrected chi connectivity index (χ3v) is 4.06. The highest BCUT2D eigenvalue weighted by Crippen LogP contribution is 2.24. The van der Waals surface area contributed by atoms with Crippen LogP contribution in [0.5, 0.6) is 0 Å². The number of carboxylic acids is 1. The summed E-state index contributed by atoms with van der Waals surface area (Å²) in [7, 11) is 0. The van der Waals surface area contributed by atoms with Crippen LogP contribution in [0, 0.1) is 5.92 Å². The van der Waals surface area contributed by atoms with Gasteiger partial charge in [0, 0.05) is 17.2 Å². The molecule has 1 fully saturated rings. The third-order valence-electron chi connectivity index (χ3n) is 4.06. The van der Waals surface area contributed by atoms with Gasteiger partial charge in [-0.25, -0.2) is 0 Å². The van der Waals surface area contributed by atoms with Gasteiger partial charge in [0.15, 0.2) is 0 Å². The van der Waals surface area contributed by atoms with Crippen molar-refractivity contribution in [3.8, 4) is 0 Å². The Balaban J connectivity index is 2.13. The Morgan fingerprint density at radius 2 is 1.77 bits per heavy atom. The number of nitrogens with two attached hydrogens (primary N) is 1. The smallest absolute Gasteiger partial charge is 0.308 e. The first-order valence-electron chi connectivity index (χ1n) is 7.42. The summed E-state index contributed by atoms with van der Waals surface area (Å²) in [6.07, 6.45) is 3.96. The minimum Gasteiger partial charge on any atom is -0.481 e. The molecule has 1 aliphatic carbocycles. The molecule has 0 heterocycles. The lowest BCUT2D eigenvalue weighted by molar-refractivity contribution is -0.142. The molecule has 1 aromatic carbocycles. The zero-order valence-corrected chi connectivity index (χ0v) is 12.2. The molecule has 6 nitrogen and oxygen atoms in total. The molecule has 118 valence electrons. The number of aliphatic carboxylic acids is 1. The molecule has 0 spiro atoms. The fourth-order valence-electron chi connectivity index (χ4n) is 2.84. The van der Waals surface area contributed by atoms with Crippen LogP contribution in [0.3, 0.4) is 0 Å². The van der Waals surface area contributed by atoms with E-state index in [0.29, 0.717) is 18.4 Å². The van der Waals surface area contributed by atoms with Gasteiger partial charge in [0.2, 0.25) is 5.91 Å². The van der Waals surface area contributed by atoms with Gasteiger partial charge in [-0.15, -0.1) is 0 Å². The number of amides is 2. The predicted molar refractivity (Wildman–Crippen MR) is 80.4 cm³/mol. The van der Waals surface area contributed by atoms with Crippen molar-refractivity contribution in [3.05, 3.63) is 35.4 Å². The first kappa shape index (κ1) is 16.0. The van der Waals surface area contributed by atoms with Crippen molar-refractivity contribution in [3.63, 3.8) is 0 Å². The molecule has 0 saturated heterocycles. The summed E-state index contributed by atoms with van der Waals surface area (Å²) in [4.78, 5) is 34.8. The number of carbonyl (C=O) groups excluding carboxylic acids is 2. The predicted octanol–water partition coefficient (Wildman–Crippen LogP) is 1.55. The molecule has 22 heavy (non-hydrogen) atoms. The second-order valence-electron chi connectivity index (χ2n) is 5.61. The first-order valence-corrected chi connectivity index (χ1v) is 7.42. The number of hydrogen-bond donors (Lipinski definition) is 3. The number of primary amides is 1. The molecule has 2 amide bonds. The van der Waals surface area contributed by atoms with Gasteiger partial charge in [0.05, 0.1) is 5.92 Å². The van der Waals surface area contributed by atoms with Gasteiger partial charge >= 0.3 is 5.97 Å². The highest BCUT2D eigenvalue weighted by molar-refractivity contribution is 5.99. The molecule has 0 radical (unpaired) electrons. The Labute approximate surface area is 128 Å². The van der Waals surface area contributed by atoms with E-state index in [1.807, 2.05) is 0 Å². The van der Waals surface area contributed by atoms with E-state index in [9.17, 15) is 19.5 Å². The summed E-state index contributed by atoms with van der Waals surface area (Å²) in [6, 6.07) is 5.73. The quantitative estimate of drug-likeness (QED) is 0.733. The SMILES string of the molecule is NC(=O)c1cccc(C(=O)N[C@H]2CCCCC[C@H]2C(=O)O)c1. The van der Waals surface area contributed by atoms with E-state index in [2.05, 4.69) is 5.32 Å². The minimum atomic E-state index is -0.877. The lowest BCUT2D eigenvalue weighted by Crippen LogP contribution is -2.42. The van der Waals surface area contributed by atoms with Crippen molar-refractivity contribution in [2.24, 2.45) is 11.7 Å². The molecule has 2 atom stereocenters. The number of rotatable bonds is 4. The molecule has 1 aromatic rings. The average Bonchev–Trinajstić information content (AvgIpc) is 2.72. The van der Waals surface area contributed by atoms with Crippen LogP contribution in [0.15, 0.2) is 24.3 Å². The highest BCUT2D eigenvalue weighted by atomic mass is 16.4. The van der Waals surface area contributed by atoms with Gasteiger partial charge in [0.25, 0.3) is 5.91 Å². The van der Waals surface area contributed by atoms with Gasteiger partial charge in [-0.1, -0.05) is 25.3 Å². The maximum Gasteiger partial charge on any atom is 0.308 e. The van der Waals surface area contributed by atoms with Crippen molar-refractivity contribution in [1.82, 2.24) is 5.32 Å². The van der Waals surface area contributed by atoms with Gasteiger partial charge in [0.1, 0.15) is 0 Å². The Bertz CT molecular complexity index is 585. The Kier molecular flexibility index (Phi) is 5.14. The zero-order valence-electron chi connectivity index (χ0n) is 12.2. The van der Waals surface area contributed by atoms with E-state index in [1.54, 1.807) is 12.1 Å². The monoisotopic (exact) mass is 304 g/mol. The van der Waals surface area contributed by atoms with Crippen LogP contribution in [0.1, 0.15) is 52.8 Å². The van der Waals surface area contributed by atoms with Crippen molar-refractivity contribution >= 4 is 17.8 Å². The highest BCUT2D eigenvalue weighted by Gasteiger charge is 2.30. The van der Waals surface area contributed by atoms with Gasteiger partial charge in [-0.2, -0.15) is 0 Å². The molecule has 1 aliphatic rings. The lowest BCUT2D eigenvalue weighted by Gasteiger charge is -2.23. The lowest BCUT2D eigenvalue weighted by atomic mass is 9.94. The molecule has 6 heteroatoms. The standard InChI is InChI=1S/C16H20N2O4/c17-14(19)10-5-4-6-11(9-10)15(20)18-13-8-3-1-2-7-12(13)16(21)22/h4-6,9,12-13H,1-3,7-8H2,(H2,17,19)(H,18,20)(H,21,22)/t12-,13+/m1/s1. The molecule has 0 aromatic heterocycles. The average molecular weight is 304 g/mol. The van der Waals surface area contributed by atoms with Crippen LogP contribution < -0.4 is 11.1 Å². The van der Waals surface area contributed by atoms with Gasteiger partial charge < -0.3 is 16.2 Å². The second kappa shape index (κ2) is 7.06. The zero-order chi connectivity index (χ0) is 16.1. The van der Waals surface area contributed by atoms with Crippen LogP contribution in [-0.4, -0.2) is 28.9 Å². The van der Waals surface area contributed by atoms with Crippen molar-refractivity contribution in [1.29, 1.82) is 0 Å². The molecule has 4 N–H and O–H groups in total. The van der Waals surface area contributed by atoms with E-state index in [0.717, 1.165) is 19.3 Å². The van der Waals surface area contributed by atoms with Crippen LogP contribution in [0.25, 0.3) is 0 Å². The summed E-state index contributed by atoms with van der Waals surface area (Å²) in [6.45, 7) is 0. The molecular weight excluding hydrogens is 284 g/mol. The number of carbonyl (C=O) groups is 3. The van der Waals surface area contributed by atoms with Crippen LogP contribution in [0.4, 0.5) is 0 Å². The molecule has 0 bridgehead atoms. The third kappa shape index (κ3) is 3.84. The maximum atomic E-state index is 12.3. The molecule has 0 unspecified atom stereocenters. The fourth-order valence-corrected chi connectivity index (χ4v) is 2.84. The summed E-state index contributed by atoms with van der Waals surface area (Å²) in [5.41, 5.74) is 5.76. The van der Waals surface area contributed by atoms with E-state index >= 15 is 0 Å². The normalized spacial score (nSPS) is 21.6. The number of carboxylic acid groups (broad SMARTS) is 1. The van der Waals surface area contributed by atoms with Crippen LogP contribution in [-0.2, 0) is 4.79 Å². The Hall–Kier alpha value is -2.37. The van der Waals surface area contributed by atoms with Crippen molar-refractivity contribution in [2.75, 3.05) is 0 Å². The molecule has 2 rings (SSSR count). The van der Waals surface area contributed by atoms with Crippen molar-refractivity contribution in [2.45, 2.75) is 38.1 Å². The van der Waals surface area contributed by atoms with Crippen LogP contribution >= 0.6 is 0 Å². The van der Waals surface area contributed by atoms with E-state index in [1.165, 1.54) is 12.1 Å². The van der Waals surface area contributed by atoms with Crippen LogP contribution in [0.2, 0.25) is 0 Å². The Morgan fingerprint density at radius 1 is 1.09 bits per heavy atom. The maximum absolute atomic E-state index is 12.3. The van der Waals surface area contributed by atoms with E-state index in [4.69, 9.17) is 5.73 Å². The number of benzene rings is 1. The summed E-state index contributed by atoms with van der Waals surface area (Å²) < 4.78 is 0. The fraction of sp³-hybridized carbons (Fsp3) is 0.438. The summed E-state index contributed by atoms with van der Waals surface area (Å²) >= 11 is 0. The van der Waals surface area contributed by atoms with Crippen molar-refractivity contribution < 1.29 is 19.5 Å². The minimum absolute atomic E-state index is 0.253. The Morgan fingerprint density at radius 3 is 2.45 bits per heavy atom. The first-order chi connectivity index (χ1) is 10.5. The number of nitrogens with one attached hydrogen (secondary N) is 1. The molecular formula is C16H20N2O4. The van der Waals surface area contributed by atoms with E-state index < -0.39 is 17.8 Å². The molecule has 0 aliphatic heterocycles. The second-order valence-corrected chi connectivity index (χ2v) is 5.61. The number of hydrogen-bond acceptors (Lipinski definition) is 3. The molecule has 1 saturated carbocycles.